The number of non-ortho nitro benzene ring substituents is 1. The summed E-state index contributed by atoms with van der Waals surface area (Å²) in [5.41, 5.74) is 5.72. The summed E-state index contributed by atoms with van der Waals surface area (Å²) >= 11 is 0. The number of nitrogens with zero attached hydrogens (tertiary/aromatic N) is 2. The summed E-state index contributed by atoms with van der Waals surface area (Å²) < 4.78 is 5.96. The molecule has 114 valence electrons. The summed E-state index contributed by atoms with van der Waals surface area (Å²) in [6.45, 7) is 2.12. The van der Waals surface area contributed by atoms with E-state index in [1.165, 1.54) is 24.6 Å². The van der Waals surface area contributed by atoms with Gasteiger partial charge in [0.2, 0.25) is 0 Å². The molecule has 0 aliphatic heterocycles. The normalized spacial score (nSPS) is 22.8. The maximum Gasteiger partial charge on any atom is 0.270 e. The van der Waals surface area contributed by atoms with Crippen LogP contribution in [0.4, 0.5) is 5.69 Å². The molecule has 0 spiro atoms. The molecule has 0 heterocycles. The summed E-state index contributed by atoms with van der Waals surface area (Å²) in [7, 11) is 0. The SMILES string of the molecule is CC1CCCCC1Oc1ccc([N+](=O)[O-])cc1C(N)=NO. The number of nitro benzene ring substituents is 1. The predicted molar refractivity (Wildman–Crippen MR) is 77.7 cm³/mol. The Kier molecular flexibility index (Phi) is 4.62. The zero-order valence-electron chi connectivity index (χ0n) is 11.9. The van der Waals surface area contributed by atoms with E-state index < -0.39 is 4.92 Å². The van der Waals surface area contributed by atoms with Crippen LogP contribution < -0.4 is 10.5 Å². The van der Waals surface area contributed by atoms with Crippen molar-refractivity contribution in [3.8, 4) is 5.75 Å². The minimum Gasteiger partial charge on any atom is -0.489 e. The molecule has 2 atom stereocenters. The Morgan fingerprint density at radius 3 is 2.81 bits per heavy atom. The minimum absolute atomic E-state index is 0.0467. The van der Waals surface area contributed by atoms with Crippen LogP contribution in [0.2, 0.25) is 0 Å². The van der Waals surface area contributed by atoms with Gasteiger partial charge in [0.15, 0.2) is 5.84 Å². The van der Waals surface area contributed by atoms with Crippen LogP contribution in [-0.4, -0.2) is 22.1 Å². The number of hydrogen-bond donors (Lipinski definition) is 2. The van der Waals surface area contributed by atoms with Crippen LogP contribution >= 0.6 is 0 Å². The number of ether oxygens (including phenoxy) is 1. The Bertz CT molecular complexity index is 559. The number of nitro groups is 1. The number of nitrogens with two attached hydrogens (primary N) is 1. The average Bonchev–Trinajstić information content (AvgIpc) is 2.49. The molecule has 1 aromatic carbocycles. The van der Waals surface area contributed by atoms with E-state index in [1.807, 2.05) is 0 Å². The first-order valence-electron chi connectivity index (χ1n) is 6.96. The first kappa shape index (κ1) is 15.1. The smallest absolute Gasteiger partial charge is 0.270 e. The molecule has 0 amide bonds. The second-order valence-corrected chi connectivity index (χ2v) is 5.34. The van der Waals surface area contributed by atoms with E-state index in [0.717, 1.165) is 19.3 Å². The van der Waals surface area contributed by atoms with Gasteiger partial charge in [0, 0.05) is 12.1 Å². The molecule has 1 aromatic rings. The molecule has 0 radical (unpaired) electrons. The van der Waals surface area contributed by atoms with Gasteiger partial charge in [-0.05, 0) is 31.2 Å². The summed E-state index contributed by atoms with van der Waals surface area (Å²) in [5.74, 6) is 0.626. The molecule has 21 heavy (non-hydrogen) atoms. The lowest BCUT2D eigenvalue weighted by atomic mass is 9.88. The van der Waals surface area contributed by atoms with Crippen LogP contribution in [0.5, 0.6) is 5.75 Å². The predicted octanol–water partition coefficient (Wildman–Crippen LogP) is 2.65. The molecule has 1 saturated carbocycles. The van der Waals surface area contributed by atoms with Gasteiger partial charge < -0.3 is 15.7 Å². The van der Waals surface area contributed by atoms with Crippen molar-refractivity contribution in [2.24, 2.45) is 16.8 Å². The lowest BCUT2D eigenvalue weighted by Crippen LogP contribution is -2.29. The van der Waals surface area contributed by atoms with E-state index in [2.05, 4.69) is 12.1 Å². The van der Waals surface area contributed by atoms with Gasteiger partial charge in [0.05, 0.1) is 10.5 Å². The molecule has 7 heteroatoms. The maximum absolute atomic E-state index is 10.8. The van der Waals surface area contributed by atoms with Gasteiger partial charge >= 0.3 is 0 Å². The highest BCUT2D eigenvalue weighted by atomic mass is 16.6. The van der Waals surface area contributed by atoms with E-state index in [9.17, 15) is 10.1 Å². The molecule has 1 aliphatic rings. The third kappa shape index (κ3) is 3.42. The van der Waals surface area contributed by atoms with Gasteiger partial charge in [0.1, 0.15) is 11.9 Å². The van der Waals surface area contributed by atoms with Crippen molar-refractivity contribution in [1.82, 2.24) is 0 Å². The maximum atomic E-state index is 10.8. The summed E-state index contributed by atoms with van der Waals surface area (Å²) in [6.07, 6.45) is 4.37. The molecule has 0 saturated heterocycles. The van der Waals surface area contributed by atoms with E-state index in [4.69, 9.17) is 15.7 Å². The number of rotatable bonds is 4. The Morgan fingerprint density at radius 1 is 1.48 bits per heavy atom. The molecule has 3 N–H and O–H groups in total. The fourth-order valence-corrected chi connectivity index (χ4v) is 2.61. The van der Waals surface area contributed by atoms with Crippen molar-refractivity contribution in [2.45, 2.75) is 38.7 Å². The van der Waals surface area contributed by atoms with Crippen LogP contribution in [0.15, 0.2) is 23.4 Å². The lowest BCUT2D eigenvalue weighted by Gasteiger charge is -2.29. The Hall–Kier alpha value is -2.31. The summed E-state index contributed by atoms with van der Waals surface area (Å²) in [5, 5.41) is 22.6. The highest BCUT2D eigenvalue weighted by Gasteiger charge is 2.25. The standard InChI is InChI=1S/C14H19N3O4/c1-9-4-2-3-5-12(9)21-13-7-6-10(17(19)20)8-11(13)14(15)16-18/h6-9,12,18H,2-5H2,1H3,(H2,15,16). The largest absolute Gasteiger partial charge is 0.489 e. The molecule has 2 unspecified atom stereocenters. The number of benzene rings is 1. The van der Waals surface area contributed by atoms with Crippen molar-refractivity contribution < 1.29 is 14.9 Å². The van der Waals surface area contributed by atoms with E-state index in [0.29, 0.717) is 11.7 Å². The van der Waals surface area contributed by atoms with Crippen LogP contribution in [0.3, 0.4) is 0 Å². The minimum atomic E-state index is -0.527. The van der Waals surface area contributed by atoms with Crippen molar-refractivity contribution in [1.29, 1.82) is 0 Å². The van der Waals surface area contributed by atoms with Crippen molar-refractivity contribution in [2.75, 3.05) is 0 Å². The fourth-order valence-electron chi connectivity index (χ4n) is 2.61. The Balaban J connectivity index is 2.31. The Morgan fingerprint density at radius 2 is 2.19 bits per heavy atom. The molecular formula is C14H19N3O4. The zero-order chi connectivity index (χ0) is 15.4. The molecule has 1 fully saturated rings. The van der Waals surface area contributed by atoms with Gasteiger partial charge in [-0.15, -0.1) is 0 Å². The topological polar surface area (TPSA) is 111 Å². The Labute approximate surface area is 122 Å². The van der Waals surface area contributed by atoms with Crippen LogP contribution in [-0.2, 0) is 0 Å². The third-order valence-corrected chi connectivity index (χ3v) is 3.87. The molecule has 1 aliphatic carbocycles. The summed E-state index contributed by atoms with van der Waals surface area (Å²) in [6, 6.07) is 4.13. The molecule has 0 bridgehead atoms. The van der Waals surface area contributed by atoms with Crippen molar-refractivity contribution in [3.05, 3.63) is 33.9 Å². The fraction of sp³-hybridized carbons (Fsp3) is 0.500. The quantitative estimate of drug-likeness (QED) is 0.291. The molecule has 0 aromatic heterocycles. The van der Waals surface area contributed by atoms with Gasteiger partial charge in [-0.2, -0.15) is 0 Å². The van der Waals surface area contributed by atoms with Crippen LogP contribution in [0, 0.1) is 16.0 Å². The average molecular weight is 293 g/mol. The number of hydrogen-bond acceptors (Lipinski definition) is 5. The van der Waals surface area contributed by atoms with Gasteiger partial charge in [-0.1, -0.05) is 18.5 Å². The zero-order valence-corrected chi connectivity index (χ0v) is 11.9. The third-order valence-electron chi connectivity index (χ3n) is 3.87. The van der Waals surface area contributed by atoms with Crippen molar-refractivity contribution in [3.63, 3.8) is 0 Å². The lowest BCUT2D eigenvalue weighted by molar-refractivity contribution is -0.384. The summed E-state index contributed by atoms with van der Waals surface area (Å²) in [4.78, 5) is 10.3. The second kappa shape index (κ2) is 6.43. The highest BCUT2D eigenvalue weighted by Crippen LogP contribution is 2.31. The second-order valence-electron chi connectivity index (χ2n) is 5.34. The van der Waals surface area contributed by atoms with Gasteiger partial charge in [-0.3, -0.25) is 10.1 Å². The number of amidine groups is 1. The van der Waals surface area contributed by atoms with Crippen LogP contribution in [0.1, 0.15) is 38.2 Å². The molecule has 7 nitrogen and oxygen atoms in total. The number of oxime groups is 1. The van der Waals surface area contributed by atoms with Crippen molar-refractivity contribution >= 4 is 11.5 Å². The van der Waals surface area contributed by atoms with E-state index in [-0.39, 0.29) is 23.2 Å². The highest BCUT2D eigenvalue weighted by molar-refractivity contribution is 6.00. The first-order chi connectivity index (χ1) is 10.0. The molecular weight excluding hydrogens is 274 g/mol. The van der Waals surface area contributed by atoms with Crippen LogP contribution in [0.25, 0.3) is 0 Å². The molecule has 2 rings (SSSR count). The van der Waals surface area contributed by atoms with Gasteiger partial charge in [-0.25, -0.2) is 0 Å². The van der Waals surface area contributed by atoms with Gasteiger partial charge in [0.25, 0.3) is 5.69 Å². The first-order valence-corrected chi connectivity index (χ1v) is 6.96. The van der Waals surface area contributed by atoms with E-state index in [1.54, 1.807) is 0 Å². The monoisotopic (exact) mass is 293 g/mol. The van der Waals surface area contributed by atoms with E-state index >= 15 is 0 Å².